The van der Waals surface area contributed by atoms with E-state index in [1.165, 1.54) is 0 Å². The van der Waals surface area contributed by atoms with Gasteiger partial charge in [0.1, 0.15) is 11.6 Å². The standard InChI is InChI=1S/C21H21NO6/c1-22-7-6-11-8-15(25-2)16(26-3)9-13(11)21(22)19(23)12-4-5-14-18(28-10-27-14)17(12)20(21)24/h4-5,8-9,20,24H,6-7,10H2,1-3H3/t20-,21-/m0/s1. The second-order valence-corrected chi connectivity index (χ2v) is 7.29. The molecule has 2 heterocycles. The van der Waals surface area contributed by atoms with Crippen molar-refractivity contribution in [3.8, 4) is 23.0 Å². The summed E-state index contributed by atoms with van der Waals surface area (Å²) in [6, 6.07) is 7.15. The molecule has 5 rings (SSSR count). The summed E-state index contributed by atoms with van der Waals surface area (Å²) in [4.78, 5) is 15.7. The highest BCUT2D eigenvalue weighted by atomic mass is 16.7. The Bertz CT molecular complexity index is 1000. The molecule has 7 nitrogen and oxygen atoms in total. The molecule has 1 aliphatic carbocycles. The van der Waals surface area contributed by atoms with Crippen molar-refractivity contribution in [1.29, 1.82) is 0 Å². The molecule has 2 aromatic rings. The summed E-state index contributed by atoms with van der Waals surface area (Å²) in [5.74, 6) is 1.99. The van der Waals surface area contributed by atoms with Crippen molar-refractivity contribution in [2.24, 2.45) is 0 Å². The van der Waals surface area contributed by atoms with E-state index in [-0.39, 0.29) is 12.6 Å². The largest absolute Gasteiger partial charge is 0.493 e. The summed E-state index contributed by atoms with van der Waals surface area (Å²) in [6.07, 6.45) is -0.351. The zero-order valence-corrected chi connectivity index (χ0v) is 15.9. The van der Waals surface area contributed by atoms with E-state index in [0.29, 0.717) is 40.7 Å². The number of carbonyl (C=O) groups excluding carboxylic acids is 1. The van der Waals surface area contributed by atoms with Crippen LogP contribution in [0, 0.1) is 0 Å². The van der Waals surface area contributed by atoms with Crippen LogP contribution in [0.2, 0.25) is 0 Å². The number of benzene rings is 2. The highest BCUT2D eigenvalue weighted by Crippen LogP contribution is 2.57. The minimum Gasteiger partial charge on any atom is -0.493 e. The van der Waals surface area contributed by atoms with Gasteiger partial charge in [-0.3, -0.25) is 9.69 Å². The van der Waals surface area contributed by atoms with Crippen molar-refractivity contribution < 1.29 is 28.8 Å². The maximum Gasteiger partial charge on any atom is 0.231 e. The molecular formula is C21H21NO6. The first-order chi connectivity index (χ1) is 13.5. The van der Waals surface area contributed by atoms with Gasteiger partial charge in [0, 0.05) is 17.7 Å². The zero-order chi connectivity index (χ0) is 19.6. The molecule has 2 aliphatic heterocycles. The lowest BCUT2D eigenvalue weighted by Gasteiger charge is -2.45. The van der Waals surface area contributed by atoms with Gasteiger partial charge in [-0.25, -0.2) is 0 Å². The number of methoxy groups -OCH3 is 2. The lowest BCUT2D eigenvalue weighted by Crippen LogP contribution is -2.54. The smallest absolute Gasteiger partial charge is 0.231 e. The average molecular weight is 383 g/mol. The van der Waals surface area contributed by atoms with Crippen molar-refractivity contribution >= 4 is 5.78 Å². The third-order valence-electron chi connectivity index (χ3n) is 6.18. The van der Waals surface area contributed by atoms with E-state index in [0.717, 1.165) is 17.5 Å². The maximum absolute atomic E-state index is 13.7. The molecule has 1 spiro atoms. The third-order valence-corrected chi connectivity index (χ3v) is 6.18. The van der Waals surface area contributed by atoms with Crippen LogP contribution < -0.4 is 18.9 Å². The molecule has 0 aromatic heterocycles. The number of hydrogen-bond acceptors (Lipinski definition) is 7. The number of likely N-dealkylation sites (N-methyl/N-ethyl adjacent to an activating group) is 1. The Labute approximate surface area is 162 Å². The fraction of sp³-hybridized carbons (Fsp3) is 0.381. The molecule has 146 valence electrons. The van der Waals surface area contributed by atoms with Crippen LogP contribution in [0.3, 0.4) is 0 Å². The van der Waals surface area contributed by atoms with Crippen molar-refractivity contribution in [3.63, 3.8) is 0 Å². The lowest BCUT2D eigenvalue weighted by atomic mass is 9.76. The van der Waals surface area contributed by atoms with Gasteiger partial charge in [0.05, 0.1) is 14.2 Å². The van der Waals surface area contributed by atoms with Gasteiger partial charge in [-0.15, -0.1) is 0 Å². The Hall–Kier alpha value is -2.77. The van der Waals surface area contributed by atoms with Gasteiger partial charge in [-0.1, -0.05) is 0 Å². The molecule has 1 N–H and O–H groups in total. The molecule has 0 bridgehead atoms. The van der Waals surface area contributed by atoms with Crippen molar-refractivity contribution in [2.45, 2.75) is 18.1 Å². The molecule has 0 fully saturated rings. The van der Waals surface area contributed by atoms with Crippen LogP contribution in [0.1, 0.15) is 33.2 Å². The summed E-state index contributed by atoms with van der Waals surface area (Å²) in [5, 5.41) is 11.5. The molecule has 2 atom stereocenters. The molecule has 3 aliphatic rings. The van der Waals surface area contributed by atoms with E-state index in [9.17, 15) is 9.90 Å². The van der Waals surface area contributed by atoms with Gasteiger partial charge < -0.3 is 24.1 Å². The van der Waals surface area contributed by atoms with E-state index in [1.54, 1.807) is 26.4 Å². The first-order valence-corrected chi connectivity index (χ1v) is 9.16. The molecule has 0 amide bonds. The van der Waals surface area contributed by atoms with Gasteiger partial charge >= 0.3 is 0 Å². The van der Waals surface area contributed by atoms with Crippen LogP contribution >= 0.6 is 0 Å². The monoisotopic (exact) mass is 383 g/mol. The van der Waals surface area contributed by atoms with Crippen LogP contribution in [0.15, 0.2) is 24.3 Å². The van der Waals surface area contributed by atoms with Crippen LogP contribution in [0.4, 0.5) is 0 Å². The molecule has 0 saturated heterocycles. The Morgan fingerprint density at radius 1 is 1.18 bits per heavy atom. The average Bonchev–Trinajstić information content (AvgIpc) is 3.27. The number of nitrogens with zero attached hydrogens (tertiary/aromatic N) is 1. The van der Waals surface area contributed by atoms with E-state index >= 15 is 0 Å². The normalized spacial score (nSPS) is 25.0. The van der Waals surface area contributed by atoms with E-state index in [2.05, 4.69) is 0 Å². The zero-order valence-electron chi connectivity index (χ0n) is 15.9. The summed E-state index contributed by atoms with van der Waals surface area (Å²) in [7, 11) is 5.01. The Balaban J connectivity index is 1.78. The molecule has 0 radical (unpaired) electrons. The van der Waals surface area contributed by atoms with Gasteiger partial charge in [0.2, 0.25) is 6.79 Å². The Morgan fingerprint density at radius 3 is 2.68 bits per heavy atom. The summed E-state index contributed by atoms with van der Waals surface area (Å²) in [5.41, 5.74) is 1.42. The van der Waals surface area contributed by atoms with E-state index in [4.69, 9.17) is 18.9 Å². The van der Waals surface area contributed by atoms with Gasteiger partial charge in [-0.05, 0) is 48.9 Å². The minimum absolute atomic E-state index is 0.0805. The first-order valence-electron chi connectivity index (χ1n) is 9.16. The quantitative estimate of drug-likeness (QED) is 0.850. The van der Waals surface area contributed by atoms with Crippen LogP contribution in [0.5, 0.6) is 23.0 Å². The molecule has 7 heteroatoms. The fourth-order valence-corrected chi connectivity index (χ4v) is 4.81. The third kappa shape index (κ3) is 1.92. The summed E-state index contributed by atoms with van der Waals surface area (Å²) in [6.45, 7) is 0.704. The number of aliphatic hydroxyl groups is 1. The Morgan fingerprint density at radius 2 is 1.93 bits per heavy atom. The van der Waals surface area contributed by atoms with Gasteiger partial charge in [-0.2, -0.15) is 0 Å². The number of fused-ring (bicyclic) bond motifs is 5. The minimum atomic E-state index is -1.24. The number of aliphatic hydroxyl groups excluding tert-OH is 1. The molecular weight excluding hydrogens is 362 g/mol. The predicted molar refractivity (Wildman–Crippen MR) is 99.4 cm³/mol. The number of carbonyl (C=O) groups is 1. The second-order valence-electron chi connectivity index (χ2n) is 7.29. The van der Waals surface area contributed by atoms with Crippen molar-refractivity contribution in [1.82, 2.24) is 4.90 Å². The predicted octanol–water partition coefficient (Wildman–Crippen LogP) is 2.05. The molecule has 0 saturated carbocycles. The first kappa shape index (κ1) is 17.3. The topological polar surface area (TPSA) is 77.5 Å². The number of ether oxygens (including phenoxy) is 4. The Kier molecular flexibility index (Phi) is 3.63. The van der Waals surface area contributed by atoms with E-state index < -0.39 is 11.6 Å². The van der Waals surface area contributed by atoms with Gasteiger partial charge in [0.25, 0.3) is 0 Å². The number of Topliss-reactive ketones (excluding diaryl/α,β-unsaturated/α-hetero) is 1. The maximum atomic E-state index is 13.7. The number of hydrogen-bond donors (Lipinski definition) is 1. The van der Waals surface area contributed by atoms with Crippen LogP contribution in [-0.4, -0.2) is 50.4 Å². The molecule has 2 aromatic carbocycles. The highest BCUT2D eigenvalue weighted by Gasteiger charge is 2.60. The number of rotatable bonds is 2. The molecule has 28 heavy (non-hydrogen) atoms. The van der Waals surface area contributed by atoms with Crippen LogP contribution in [0.25, 0.3) is 0 Å². The van der Waals surface area contributed by atoms with E-state index in [1.807, 2.05) is 24.1 Å². The fourth-order valence-electron chi connectivity index (χ4n) is 4.81. The SMILES string of the molecule is COc1cc2c(cc1OC)[C@@]1(C(=O)c3ccc4c(c3[C@@H]1O)OCO4)N(C)CC2. The lowest BCUT2D eigenvalue weighted by molar-refractivity contribution is -0.00852. The highest BCUT2D eigenvalue weighted by molar-refractivity contribution is 6.10. The van der Waals surface area contributed by atoms with Gasteiger partial charge in [0.15, 0.2) is 28.8 Å². The second kappa shape index (κ2) is 5.86. The van der Waals surface area contributed by atoms with Crippen molar-refractivity contribution in [2.75, 3.05) is 34.6 Å². The molecule has 0 unspecified atom stereocenters. The number of ketones is 1. The summed E-state index contributed by atoms with van der Waals surface area (Å²) < 4.78 is 22.0. The van der Waals surface area contributed by atoms with Crippen molar-refractivity contribution in [3.05, 3.63) is 46.5 Å². The van der Waals surface area contributed by atoms with Crippen LogP contribution in [-0.2, 0) is 12.0 Å². The summed E-state index contributed by atoms with van der Waals surface area (Å²) >= 11 is 0.